The van der Waals surface area contributed by atoms with Crippen LogP contribution in [0.3, 0.4) is 0 Å². The molecule has 0 N–H and O–H groups in total. The molecule has 0 radical (unpaired) electrons. The Bertz CT molecular complexity index is 643. The molecule has 0 saturated carbocycles. The third-order valence-corrected chi connectivity index (χ3v) is 2.86. The summed E-state index contributed by atoms with van der Waals surface area (Å²) < 4.78 is 0.810. The number of carbonyl (C=O) groups is 1. The number of nitroso groups, excluding NO2 is 1. The minimum atomic E-state index is -0.679. The summed E-state index contributed by atoms with van der Waals surface area (Å²) in [5.41, 5.74) is 0.761. The Labute approximate surface area is 91.2 Å². The van der Waals surface area contributed by atoms with Crippen molar-refractivity contribution in [1.82, 2.24) is 4.98 Å². The molecule has 3 rings (SSSR count). The Morgan fingerprint density at radius 2 is 2.31 bits per heavy atom. The molecular formula is C12H9N2O2+. The maximum absolute atomic E-state index is 11.8. The van der Waals surface area contributed by atoms with Crippen LogP contribution in [-0.2, 0) is 4.79 Å². The Kier molecular flexibility index (Phi) is 1.83. The molecule has 16 heavy (non-hydrogen) atoms. The van der Waals surface area contributed by atoms with Crippen LogP contribution in [0.2, 0.25) is 0 Å². The van der Waals surface area contributed by atoms with Crippen LogP contribution in [0.5, 0.6) is 0 Å². The van der Waals surface area contributed by atoms with Crippen molar-refractivity contribution in [2.24, 2.45) is 0 Å². The summed E-state index contributed by atoms with van der Waals surface area (Å²) in [6.07, 6.45) is 6.72. The van der Waals surface area contributed by atoms with Crippen LogP contribution >= 0.6 is 0 Å². The van der Waals surface area contributed by atoms with Gasteiger partial charge in [-0.15, -0.1) is 0 Å². The smallest absolute Gasteiger partial charge is 0.287 e. The molecule has 1 aromatic heterocycles. The predicted molar refractivity (Wildman–Crippen MR) is 57.8 cm³/mol. The molecule has 1 aliphatic heterocycles. The van der Waals surface area contributed by atoms with Crippen molar-refractivity contribution in [2.45, 2.75) is 6.04 Å². The first-order valence-corrected chi connectivity index (χ1v) is 5.08. The number of hydrogen-bond acceptors (Lipinski definition) is 3. The molecule has 2 heterocycles. The van der Waals surface area contributed by atoms with Gasteiger partial charge in [0, 0.05) is 32.7 Å². The number of rotatable bonds is 0. The highest BCUT2D eigenvalue weighted by atomic mass is 16.3. The third-order valence-electron chi connectivity index (χ3n) is 2.86. The number of Topliss-reactive ketones (excluding diaryl/α,β-unsaturated/α-hetero) is 1. The SMILES string of the molecule is O=C1C=c2ncccc2=C2C=CC[N+](=O)C12. The van der Waals surface area contributed by atoms with E-state index in [1.54, 1.807) is 12.3 Å². The minimum absolute atomic E-state index is 0.180. The lowest BCUT2D eigenvalue weighted by molar-refractivity contribution is -0.550. The van der Waals surface area contributed by atoms with Gasteiger partial charge in [-0.2, -0.15) is 0 Å². The van der Waals surface area contributed by atoms with Gasteiger partial charge in [0.15, 0.2) is 0 Å². The van der Waals surface area contributed by atoms with E-state index in [0.29, 0.717) is 5.35 Å². The molecule has 0 fully saturated rings. The molecule has 1 unspecified atom stereocenters. The van der Waals surface area contributed by atoms with Crippen molar-refractivity contribution in [3.05, 3.63) is 46.0 Å². The van der Waals surface area contributed by atoms with Gasteiger partial charge in [-0.3, -0.25) is 9.78 Å². The number of nitrogens with zero attached hydrogens (tertiary/aromatic N) is 2. The zero-order valence-electron chi connectivity index (χ0n) is 8.46. The Hall–Kier alpha value is -2.10. The molecule has 0 bridgehead atoms. The Morgan fingerprint density at radius 3 is 3.19 bits per heavy atom. The van der Waals surface area contributed by atoms with E-state index in [2.05, 4.69) is 4.98 Å². The van der Waals surface area contributed by atoms with Gasteiger partial charge in [-0.05, 0) is 18.2 Å². The summed E-state index contributed by atoms with van der Waals surface area (Å²) in [5.74, 6) is -0.180. The van der Waals surface area contributed by atoms with Crippen molar-refractivity contribution >= 4 is 17.4 Å². The maximum atomic E-state index is 11.8. The summed E-state index contributed by atoms with van der Waals surface area (Å²) in [7, 11) is 0. The highest BCUT2D eigenvalue weighted by molar-refractivity contribution is 6.14. The quantitative estimate of drug-likeness (QED) is 0.536. The summed E-state index contributed by atoms with van der Waals surface area (Å²) in [6.45, 7) is 0.267. The molecule has 0 amide bonds. The van der Waals surface area contributed by atoms with E-state index >= 15 is 0 Å². The van der Waals surface area contributed by atoms with Crippen LogP contribution < -0.4 is 10.6 Å². The third kappa shape index (κ3) is 1.16. The lowest BCUT2D eigenvalue weighted by Crippen LogP contribution is -2.46. The van der Waals surface area contributed by atoms with Crippen molar-refractivity contribution in [3.63, 3.8) is 0 Å². The van der Waals surface area contributed by atoms with Gasteiger partial charge in [-0.25, -0.2) is 0 Å². The summed E-state index contributed by atoms with van der Waals surface area (Å²) >= 11 is 0. The number of aromatic nitrogens is 1. The van der Waals surface area contributed by atoms with E-state index in [-0.39, 0.29) is 12.3 Å². The number of ketones is 1. The molecule has 4 nitrogen and oxygen atoms in total. The van der Waals surface area contributed by atoms with Gasteiger partial charge in [0.25, 0.3) is 6.04 Å². The first-order chi connectivity index (χ1) is 7.77. The Morgan fingerprint density at radius 1 is 1.44 bits per heavy atom. The summed E-state index contributed by atoms with van der Waals surface area (Å²) in [4.78, 5) is 27.6. The number of carbonyl (C=O) groups excluding carboxylic acids is 1. The summed E-state index contributed by atoms with van der Waals surface area (Å²) in [5, 5.41) is 1.53. The van der Waals surface area contributed by atoms with Gasteiger partial charge in [-0.1, -0.05) is 6.07 Å². The number of hydrogen-bond donors (Lipinski definition) is 0. The monoisotopic (exact) mass is 213 g/mol. The fraction of sp³-hybridized carbons (Fsp3) is 0.167. The molecule has 0 saturated heterocycles. The standard InChI is InChI=1S/C12H9N2O2/c15-11-7-10-8(3-1-5-13-10)9-4-2-6-14(16)12(9)11/h1-5,7,12H,6H2/q+1. The highest BCUT2D eigenvalue weighted by Gasteiger charge is 2.38. The highest BCUT2D eigenvalue weighted by Crippen LogP contribution is 2.15. The second kappa shape index (κ2) is 3.20. The van der Waals surface area contributed by atoms with Gasteiger partial charge in [0.1, 0.15) is 0 Å². The van der Waals surface area contributed by atoms with Gasteiger partial charge in [0.2, 0.25) is 12.3 Å². The van der Waals surface area contributed by atoms with Gasteiger partial charge >= 0.3 is 0 Å². The molecule has 78 valence electrons. The molecule has 1 atom stereocenters. The van der Waals surface area contributed by atoms with E-state index < -0.39 is 6.04 Å². The molecule has 2 aliphatic rings. The topological polar surface area (TPSA) is 50.0 Å². The molecular weight excluding hydrogens is 204 g/mol. The van der Waals surface area contributed by atoms with Crippen molar-refractivity contribution in [1.29, 1.82) is 0 Å². The van der Waals surface area contributed by atoms with E-state index in [1.807, 2.05) is 18.2 Å². The second-order valence-corrected chi connectivity index (χ2v) is 3.84. The molecule has 0 aromatic carbocycles. The second-order valence-electron chi connectivity index (χ2n) is 3.84. The van der Waals surface area contributed by atoms with Crippen LogP contribution in [0.15, 0.2) is 30.5 Å². The van der Waals surface area contributed by atoms with Crippen LogP contribution in [0.25, 0.3) is 11.6 Å². The minimum Gasteiger partial charge on any atom is -0.287 e. The normalized spacial score (nSPS) is 22.5. The first kappa shape index (κ1) is 9.15. The van der Waals surface area contributed by atoms with Gasteiger partial charge < -0.3 is 0 Å². The first-order valence-electron chi connectivity index (χ1n) is 5.08. The fourth-order valence-corrected chi connectivity index (χ4v) is 2.16. The molecule has 0 spiro atoms. The lowest BCUT2D eigenvalue weighted by Gasteiger charge is -2.14. The number of pyridine rings is 1. The largest absolute Gasteiger partial charge is 0.288 e. The van der Waals surface area contributed by atoms with Crippen LogP contribution in [0, 0.1) is 4.91 Å². The average Bonchev–Trinajstić information content (AvgIpc) is 2.29. The maximum Gasteiger partial charge on any atom is 0.288 e. The van der Waals surface area contributed by atoms with Crippen molar-refractivity contribution < 1.29 is 9.55 Å². The zero-order chi connectivity index (χ0) is 11.1. The van der Waals surface area contributed by atoms with Crippen LogP contribution in [-0.4, -0.2) is 28.1 Å². The van der Waals surface area contributed by atoms with E-state index in [0.717, 1.165) is 15.6 Å². The predicted octanol–water partition coefficient (Wildman–Crippen LogP) is -0.687. The average molecular weight is 213 g/mol. The van der Waals surface area contributed by atoms with E-state index in [1.165, 1.54) is 6.08 Å². The van der Waals surface area contributed by atoms with Crippen LogP contribution in [0.4, 0.5) is 0 Å². The van der Waals surface area contributed by atoms with Crippen LogP contribution in [0.1, 0.15) is 0 Å². The zero-order valence-corrected chi connectivity index (χ0v) is 8.46. The molecule has 4 heteroatoms. The van der Waals surface area contributed by atoms with Gasteiger partial charge in [0.05, 0.1) is 5.35 Å². The van der Waals surface area contributed by atoms with Crippen molar-refractivity contribution in [3.8, 4) is 0 Å². The van der Waals surface area contributed by atoms with E-state index in [9.17, 15) is 9.70 Å². The van der Waals surface area contributed by atoms with Crippen molar-refractivity contribution in [2.75, 3.05) is 6.54 Å². The number of fused-ring (bicyclic) bond motifs is 2. The Balaban J connectivity index is 2.44. The lowest BCUT2D eigenvalue weighted by atomic mass is 9.93. The van der Waals surface area contributed by atoms with E-state index in [4.69, 9.17) is 0 Å². The molecule has 1 aromatic rings. The fourth-order valence-electron chi connectivity index (χ4n) is 2.16. The molecule has 1 aliphatic carbocycles. The summed E-state index contributed by atoms with van der Waals surface area (Å²) in [6, 6.07) is 3.02.